The van der Waals surface area contributed by atoms with Crippen molar-refractivity contribution in [3.63, 3.8) is 0 Å². The minimum absolute atomic E-state index is 0.0172. The van der Waals surface area contributed by atoms with E-state index < -0.39 is 53.8 Å². The number of aldehydes is 1. The first-order valence-electron chi connectivity index (χ1n) is 13.6. The van der Waals surface area contributed by atoms with Crippen LogP contribution in [0.15, 0.2) is 41.9 Å². The van der Waals surface area contributed by atoms with Crippen molar-refractivity contribution in [1.82, 2.24) is 14.8 Å². The average molecular weight is 630 g/mol. The predicted octanol–water partition coefficient (Wildman–Crippen LogP) is 6.71. The van der Waals surface area contributed by atoms with Crippen LogP contribution in [0.4, 0.5) is 33.3 Å². The third-order valence-electron chi connectivity index (χ3n) is 8.07. The molecule has 0 spiro atoms. The molecule has 0 radical (unpaired) electrons. The van der Waals surface area contributed by atoms with E-state index in [-0.39, 0.29) is 28.8 Å². The molecule has 2 aromatic carbocycles. The highest BCUT2D eigenvalue weighted by Crippen LogP contribution is 2.55. The number of fused-ring (bicyclic) bond motifs is 1. The molecule has 1 fully saturated rings. The Balaban J connectivity index is 1.47. The number of aromatic nitrogens is 3. The largest absolute Gasteiger partial charge is 0.372 e. The SMILES string of the molecule is Cc1c(C(=O)Nc2ccc(F)c(C(F)F)c2)c2n(c1-c1cccc(C(=O)C=O)c1NC1(c3nncs3)CC(F)(F)C1)CCC2. The number of alkyl halides is 4. The van der Waals surface area contributed by atoms with Crippen molar-refractivity contribution in [2.45, 2.75) is 57.0 Å². The Labute approximate surface area is 251 Å². The first kappa shape index (κ1) is 29.6. The summed E-state index contributed by atoms with van der Waals surface area (Å²) in [5.74, 6) is -5.57. The molecule has 0 bridgehead atoms. The van der Waals surface area contributed by atoms with Gasteiger partial charge in [0.2, 0.25) is 5.78 Å². The smallest absolute Gasteiger partial charge is 0.266 e. The van der Waals surface area contributed by atoms with Crippen LogP contribution >= 0.6 is 11.3 Å². The number of hydrogen-bond donors (Lipinski definition) is 2. The lowest BCUT2D eigenvalue weighted by Gasteiger charge is -2.47. The molecule has 228 valence electrons. The summed E-state index contributed by atoms with van der Waals surface area (Å²) in [5, 5.41) is 13.9. The highest BCUT2D eigenvalue weighted by atomic mass is 32.1. The summed E-state index contributed by atoms with van der Waals surface area (Å²) >= 11 is 1.08. The van der Waals surface area contributed by atoms with Crippen molar-refractivity contribution >= 4 is 40.7 Å². The van der Waals surface area contributed by atoms with Crippen LogP contribution in [0.2, 0.25) is 0 Å². The number of halogens is 5. The summed E-state index contributed by atoms with van der Waals surface area (Å²) in [6.45, 7) is 2.18. The highest BCUT2D eigenvalue weighted by Gasteiger charge is 2.59. The van der Waals surface area contributed by atoms with E-state index >= 15 is 0 Å². The Morgan fingerprint density at radius 2 is 1.93 bits per heavy atom. The molecule has 6 rings (SSSR count). The van der Waals surface area contributed by atoms with Crippen molar-refractivity contribution in [3.8, 4) is 11.3 Å². The van der Waals surface area contributed by atoms with Crippen molar-refractivity contribution < 1.29 is 36.3 Å². The zero-order valence-corrected chi connectivity index (χ0v) is 23.9. The van der Waals surface area contributed by atoms with E-state index in [0.717, 1.165) is 23.5 Å². The summed E-state index contributed by atoms with van der Waals surface area (Å²) in [4.78, 5) is 38.1. The molecule has 2 N–H and O–H groups in total. The maximum Gasteiger partial charge on any atom is 0.266 e. The number of nitrogens with one attached hydrogen (secondary N) is 2. The van der Waals surface area contributed by atoms with E-state index in [1.165, 1.54) is 17.6 Å². The second kappa shape index (κ2) is 10.9. The summed E-state index contributed by atoms with van der Waals surface area (Å²) in [7, 11) is 0. The van der Waals surface area contributed by atoms with Crippen molar-refractivity contribution in [1.29, 1.82) is 0 Å². The summed E-state index contributed by atoms with van der Waals surface area (Å²) in [6.07, 6.45) is -2.99. The molecule has 2 aliphatic rings. The quantitative estimate of drug-likeness (QED) is 0.0923. The van der Waals surface area contributed by atoms with Gasteiger partial charge < -0.3 is 15.2 Å². The number of Topliss-reactive ketones (excluding diaryl/α,β-unsaturated/α-hetero) is 1. The molecule has 1 saturated carbocycles. The zero-order valence-electron chi connectivity index (χ0n) is 23.1. The topological polar surface area (TPSA) is 106 Å². The van der Waals surface area contributed by atoms with Crippen LogP contribution in [0.3, 0.4) is 0 Å². The number of nitrogens with zero attached hydrogens (tertiary/aromatic N) is 3. The molecule has 44 heavy (non-hydrogen) atoms. The number of benzene rings is 2. The van der Waals surface area contributed by atoms with Crippen molar-refractivity contribution in [2.75, 3.05) is 10.6 Å². The Hall–Kier alpha value is -4.46. The van der Waals surface area contributed by atoms with E-state index in [1.54, 1.807) is 19.1 Å². The second-order valence-corrected chi connectivity index (χ2v) is 11.7. The molecule has 1 aliphatic carbocycles. The number of anilines is 2. The normalized spacial score (nSPS) is 16.3. The van der Waals surface area contributed by atoms with Crippen molar-refractivity contribution in [2.24, 2.45) is 0 Å². The Morgan fingerprint density at radius 3 is 2.59 bits per heavy atom. The van der Waals surface area contributed by atoms with Crippen LogP contribution in [0.1, 0.15) is 68.2 Å². The summed E-state index contributed by atoms with van der Waals surface area (Å²) in [5.41, 5.74) is 1.62. The number of carbonyl (C=O) groups is 3. The monoisotopic (exact) mass is 629 g/mol. The molecule has 1 aliphatic heterocycles. The number of carbonyl (C=O) groups excluding carboxylic acids is 3. The van der Waals surface area contributed by atoms with Gasteiger partial charge in [0.05, 0.1) is 22.5 Å². The van der Waals surface area contributed by atoms with Crippen LogP contribution in [0, 0.1) is 12.7 Å². The van der Waals surface area contributed by atoms with Crippen LogP contribution in [0.25, 0.3) is 11.3 Å². The van der Waals surface area contributed by atoms with Gasteiger partial charge in [-0.1, -0.05) is 12.1 Å². The zero-order chi connectivity index (χ0) is 31.4. The highest BCUT2D eigenvalue weighted by molar-refractivity contribution is 7.09. The predicted molar refractivity (Wildman–Crippen MR) is 152 cm³/mol. The molecule has 8 nitrogen and oxygen atoms in total. The number of rotatable bonds is 9. The van der Waals surface area contributed by atoms with Gasteiger partial charge in [0.1, 0.15) is 21.9 Å². The summed E-state index contributed by atoms with van der Waals surface area (Å²) < 4.78 is 71.0. The first-order chi connectivity index (χ1) is 20.9. The van der Waals surface area contributed by atoms with Gasteiger partial charge in [-0.05, 0) is 49.6 Å². The number of para-hydroxylation sites is 1. The maximum atomic E-state index is 14.4. The van der Waals surface area contributed by atoms with Crippen LogP contribution in [-0.2, 0) is 23.3 Å². The number of hydrogen-bond acceptors (Lipinski definition) is 7. The average Bonchev–Trinajstić information content (AvgIpc) is 3.71. The Morgan fingerprint density at radius 1 is 1.16 bits per heavy atom. The third-order valence-corrected chi connectivity index (χ3v) is 8.97. The fourth-order valence-corrected chi connectivity index (χ4v) is 6.96. The van der Waals surface area contributed by atoms with Crippen LogP contribution < -0.4 is 10.6 Å². The van der Waals surface area contributed by atoms with Gasteiger partial charge in [-0.25, -0.2) is 22.0 Å². The lowest BCUT2D eigenvalue weighted by molar-refractivity contribution is -0.118. The van der Waals surface area contributed by atoms with Crippen LogP contribution in [0.5, 0.6) is 0 Å². The molecular formula is C30H24F5N5O3S. The molecule has 0 saturated heterocycles. The fraction of sp³-hybridized carbons (Fsp3) is 0.300. The third kappa shape index (κ3) is 4.96. The number of amides is 1. The first-order valence-corrected chi connectivity index (χ1v) is 14.5. The van der Waals surface area contributed by atoms with Gasteiger partial charge in [0, 0.05) is 41.9 Å². The van der Waals surface area contributed by atoms with E-state index in [9.17, 15) is 36.3 Å². The molecule has 0 atom stereocenters. The van der Waals surface area contributed by atoms with E-state index in [2.05, 4.69) is 20.8 Å². The number of ketones is 1. The van der Waals surface area contributed by atoms with E-state index in [4.69, 9.17) is 0 Å². The van der Waals surface area contributed by atoms with Gasteiger partial charge >= 0.3 is 0 Å². The van der Waals surface area contributed by atoms with Crippen LogP contribution in [-0.4, -0.2) is 38.7 Å². The Kier molecular flexibility index (Phi) is 7.34. The van der Waals surface area contributed by atoms with E-state index in [1.807, 2.05) is 4.57 Å². The molecule has 2 aromatic heterocycles. The fourth-order valence-electron chi connectivity index (χ4n) is 6.25. The van der Waals surface area contributed by atoms with Gasteiger partial charge in [-0.3, -0.25) is 14.4 Å². The molecule has 3 heterocycles. The molecular weight excluding hydrogens is 605 g/mol. The molecule has 4 aromatic rings. The summed E-state index contributed by atoms with van der Waals surface area (Å²) in [6, 6.07) is 7.55. The maximum absolute atomic E-state index is 14.4. The lowest BCUT2D eigenvalue weighted by atomic mass is 9.73. The van der Waals surface area contributed by atoms with Gasteiger partial charge in [-0.2, -0.15) is 0 Å². The van der Waals surface area contributed by atoms with Gasteiger partial charge in [0.15, 0.2) is 6.29 Å². The minimum Gasteiger partial charge on any atom is -0.372 e. The van der Waals surface area contributed by atoms with Gasteiger partial charge in [-0.15, -0.1) is 21.5 Å². The molecule has 1 amide bonds. The molecule has 0 unspecified atom stereocenters. The second-order valence-electron chi connectivity index (χ2n) is 10.9. The van der Waals surface area contributed by atoms with E-state index in [0.29, 0.717) is 46.9 Å². The Bertz CT molecular complexity index is 1800. The lowest BCUT2D eigenvalue weighted by Crippen LogP contribution is -2.54. The van der Waals surface area contributed by atoms with Crippen molar-refractivity contribution in [3.05, 3.63) is 80.7 Å². The molecule has 14 heteroatoms. The van der Waals surface area contributed by atoms with Gasteiger partial charge in [0.25, 0.3) is 18.3 Å². The minimum atomic E-state index is -3.08. The standard InChI is InChI=1S/C30H24F5N5O3S/c1-15-23(27(43)37-16-7-8-20(31)19(10-16)26(32)33)21-6-3-9-40(21)25(15)18-5-2-4-17(22(42)11-41)24(18)38-29(12-30(34,35)13-29)28-39-36-14-44-28/h2,4-5,7-8,10-11,14,26,38H,3,6,9,12-13H2,1H3,(H,37,43).